The molecule has 0 fully saturated rings. The molecule has 0 aliphatic heterocycles. The molecule has 8 heteroatoms. The van der Waals surface area contributed by atoms with Crippen molar-refractivity contribution in [3.8, 4) is 11.4 Å². The Morgan fingerprint density at radius 2 is 1.73 bits per heavy atom. The Morgan fingerprint density at radius 1 is 1.08 bits per heavy atom. The number of hydrogen-bond donors (Lipinski definition) is 1. The van der Waals surface area contributed by atoms with Gasteiger partial charge in [-0.2, -0.15) is 9.78 Å². The van der Waals surface area contributed by atoms with Crippen LogP contribution in [-0.2, 0) is 13.2 Å². The minimum atomic E-state index is -0.451. The molecule has 5 nitrogen and oxygen atoms in total. The first-order valence-corrected chi connectivity index (χ1v) is 9.10. The third-order valence-corrected chi connectivity index (χ3v) is 5.05. The van der Waals surface area contributed by atoms with Crippen LogP contribution in [-0.4, -0.2) is 14.9 Å². The summed E-state index contributed by atoms with van der Waals surface area (Å²) in [5.74, 6) is 0.280. The van der Waals surface area contributed by atoms with Crippen molar-refractivity contribution in [2.75, 3.05) is 0 Å². The Kier molecular flexibility index (Phi) is 5.98. The molecule has 0 atom stereocenters. The Labute approximate surface area is 167 Å². The quantitative estimate of drug-likeness (QED) is 0.620. The first-order valence-electron chi connectivity index (χ1n) is 7.55. The molecule has 0 aliphatic rings. The SMILES string of the molecule is O=c1c(Br)c(OCc2ccccc2CO)cnn1-c1c(Cl)cccc1Cl. The first-order chi connectivity index (χ1) is 12.5. The molecule has 0 amide bonds. The minimum Gasteiger partial charge on any atom is -0.486 e. The fourth-order valence-electron chi connectivity index (χ4n) is 2.38. The van der Waals surface area contributed by atoms with Gasteiger partial charge in [-0.1, -0.05) is 53.5 Å². The second kappa shape index (κ2) is 8.22. The van der Waals surface area contributed by atoms with Crippen molar-refractivity contribution in [2.24, 2.45) is 0 Å². The average Bonchev–Trinajstić information content (AvgIpc) is 2.64. The summed E-state index contributed by atoms with van der Waals surface area (Å²) in [6.45, 7) is 0.0961. The molecular formula is C18H13BrCl2N2O3. The molecule has 0 spiro atoms. The molecule has 3 aromatic rings. The van der Waals surface area contributed by atoms with Crippen LogP contribution in [0.2, 0.25) is 10.0 Å². The molecule has 0 bridgehead atoms. The maximum atomic E-state index is 12.6. The van der Waals surface area contributed by atoms with Gasteiger partial charge in [0.05, 0.1) is 22.8 Å². The van der Waals surface area contributed by atoms with E-state index in [4.69, 9.17) is 27.9 Å². The molecule has 1 aromatic heterocycles. The van der Waals surface area contributed by atoms with Gasteiger partial charge in [-0.15, -0.1) is 0 Å². The van der Waals surface area contributed by atoms with E-state index in [9.17, 15) is 9.90 Å². The van der Waals surface area contributed by atoms with Gasteiger partial charge < -0.3 is 9.84 Å². The largest absolute Gasteiger partial charge is 0.486 e. The second-order valence-electron chi connectivity index (χ2n) is 5.33. The predicted molar refractivity (Wildman–Crippen MR) is 104 cm³/mol. The zero-order chi connectivity index (χ0) is 18.7. The highest BCUT2D eigenvalue weighted by Crippen LogP contribution is 2.28. The summed E-state index contributed by atoms with van der Waals surface area (Å²) in [5, 5.41) is 14.1. The molecular weight excluding hydrogens is 443 g/mol. The number of aromatic nitrogens is 2. The number of ether oxygens (including phenoxy) is 1. The molecule has 0 aliphatic carbocycles. The standard InChI is InChI=1S/C18H13BrCl2N2O3/c19-16-15(26-10-12-5-2-1-4-11(12)9-24)8-22-23(18(16)25)17-13(20)6-3-7-14(17)21/h1-8,24H,9-10H2. The molecule has 0 saturated carbocycles. The number of para-hydroxylation sites is 1. The number of hydrogen-bond acceptors (Lipinski definition) is 4. The average molecular weight is 456 g/mol. The lowest BCUT2D eigenvalue weighted by Crippen LogP contribution is -2.23. The summed E-state index contributed by atoms with van der Waals surface area (Å²) in [5.41, 5.74) is 1.43. The van der Waals surface area contributed by atoms with E-state index in [1.807, 2.05) is 24.3 Å². The summed E-state index contributed by atoms with van der Waals surface area (Å²) in [6, 6.07) is 12.3. The normalized spacial score (nSPS) is 10.8. The summed E-state index contributed by atoms with van der Waals surface area (Å²) < 4.78 is 7.01. The summed E-state index contributed by atoms with van der Waals surface area (Å²) >= 11 is 15.5. The van der Waals surface area contributed by atoms with Crippen LogP contribution in [0.4, 0.5) is 0 Å². The Hall–Kier alpha value is -1.86. The van der Waals surface area contributed by atoms with Gasteiger partial charge in [0.25, 0.3) is 5.56 Å². The number of rotatable bonds is 5. The maximum Gasteiger partial charge on any atom is 0.289 e. The molecule has 3 rings (SSSR count). The fraction of sp³-hybridized carbons (Fsp3) is 0.111. The second-order valence-corrected chi connectivity index (χ2v) is 6.93. The topological polar surface area (TPSA) is 64.3 Å². The van der Waals surface area contributed by atoms with E-state index in [0.717, 1.165) is 15.8 Å². The van der Waals surface area contributed by atoms with Gasteiger partial charge in [-0.3, -0.25) is 4.79 Å². The van der Waals surface area contributed by atoms with Crippen molar-refractivity contribution in [1.29, 1.82) is 0 Å². The van der Waals surface area contributed by atoms with E-state index in [1.165, 1.54) is 6.20 Å². The summed E-state index contributed by atoms with van der Waals surface area (Å²) in [7, 11) is 0. The molecule has 0 saturated heterocycles. The predicted octanol–water partition coefficient (Wildman–Crippen LogP) is 4.37. The van der Waals surface area contributed by atoms with Crippen LogP contribution in [0.1, 0.15) is 11.1 Å². The maximum absolute atomic E-state index is 12.6. The van der Waals surface area contributed by atoms with Crippen LogP contribution in [0.25, 0.3) is 5.69 Å². The van der Waals surface area contributed by atoms with E-state index in [0.29, 0.717) is 15.7 Å². The van der Waals surface area contributed by atoms with E-state index in [1.54, 1.807) is 18.2 Å². The van der Waals surface area contributed by atoms with Gasteiger partial charge in [0.1, 0.15) is 16.8 Å². The molecule has 0 radical (unpaired) electrons. The zero-order valence-electron chi connectivity index (χ0n) is 13.3. The highest BCUT2D eigenvalue weighted by atomic mass is 79.9. The Morgan fingerprint density at radius 3 is 2.38 bits per heavy atom. The van der Waals surface area contributed by atoms with Gasteiger partial charge in [-0.05, 0) is 39.2 Å². The third kappa shape index (κ3) is 3.78. The van der Waals surface area contributed by atoms with Gasteiger partial charge >= 0.3 is 0 Å². The van der Waals surface area contributed by atoms with Gasteiger partial charge in [0.15, 0.2) is 5.75 Å². The van der Waals surface area contributed by atoms with Crippen molar-refractivity contribution >= 4 is 39.1 Å². The van der Waals surface area contributed by atoms with Crippen LogP contribution in [0.3, 0.4) is 0 Å². The molecule has 0 unspecified atom stereocenters. The van der Waals surface area contributed by atoms with Crippen LogP contribution < -0.4 is 10.3 Å². The highest BCUT2D eigenvalue weighted by molar-refractivity contribution is 9.10. The van der Waals surface area contributed by atoms with E-state index >= 15 is 0 Å². The Balaban J connectivity index is 1.92. The van der Waals surface area contributed by atoms with Crippen LogP contribution in [0, 0.1) is 0 Å². The fourth-order valence-corrected chi connectivity index (χ4v) is 3.32. The summed E-state index contributed by atoms with van der Waals surface area (Å²) in [6.07, 6.45) is 1.41. The third-order valence-electron chi connectivity index (χ3n) is 3.71. The molecule has 26 heavy (non-hydrogen) atoms. The number of nitrogens with zero attached hydrogens (tertiary/aromatic N) is 2. The lowest BCUT2D eigenvalue weighted by Gasteiger charge is -2.13. The monoisotopic (exact) mass is 454 g/mol. The lowest BCUT2D eigenvalue weighted by atomic mass is 10.1. The van der Waals surface area contributed by atoms with Gasteiger partial charge in [-0.25, -0.2) is 0 Å². The van der Waals surface area contributed by atoms with Crippen molar-refractivity contribution in [3.63, 3.8) is 0 Å². The number of benzene rings is 2. The van der Waals surface area contributed by atoms with Gasteiger partial charge in [0, 0.05) is 0 Å². The highest BCUT2D eigenvalue weighted by Gasteiger charge is 2.16. The molecule has 1 heterocycles. The molecule has 2 aromatic carbocycles. The minimum absolute atomic E-state index is 0.0917. The van der Waals surface area contributed by atoms with Crippen molar-refractivity contribution in [3.05, 3.63) is 84.7 Å². The van der Waals surface area contributed by atoms with Crippen molar-refractivity contribution in [1.82, 2.24) is 9.78 Å². The van der Waals surface area contributed by atoms with E-state index in [-0.39, 0.29) is 23.4 Å². The van der Waals surface area contributed by atoms with Crippen molar-refractivity contribution in [2.45, 2.75) is 13.2 Å². The number of aliphatic hydroxyl groups excluding tert-OH is 1. The smallest absolute Gasteiger partial charge is 0.289 e. The first kappa shape index (κ1) is 18.9. The van der Waals surface area contributed by atoms with Crippen molar-refractivity contribution < 1.29 is 9.84 Å². The molecule has 1 N–H and O–H groups in total. The van der Waals surface area contributed by atoms with E-state index in [2.05, 4.69) is 21.0 Å². The molecule has 134 valence electrons. The van der Waals surface area contributed by atoms with Gasteiger partial charge in [0.2, 0.25) is 0 Å². The van der Waals surface area contributed by atoms with Crippen LogP contribution in [0.15, 0.2) is 57.9 Å². The summed E-state index contributed by atoms with van der Waals surface area (Å²) in [4.78, 5) is 12.6. The van der Waals surface area contributed by atoms with E-state index < -0.39 is 5.56 Å². The number of aliphatic hydroxyl groups is 1. The van der Waals surface area contributed by atoms with Crippen LogP contribution in [0.5, 0.6) is 5.75 Å². The zero-order valence-corrected chi connectivity index (χ0v) is 16.4. The lowest BCUT2D eigenvalue weighted by molar-refractivity contribution is 0.268. The van der Waals surface area contributed by atoms with Crippen LogP contribution >= 0.6 is 39.1 Å². The Bertz CT molecular complexity index is 988. The number of halogens is 3.